The summed E-state index contributed by atoms with van der Waals surface area (Å²) in [6.45, 7) is 2.24. The van der Waals surface area contributed by atoms with Crippen molar-refractivity contribution >= 4 is 17.6 Å². The minimum Gasteiger partial charge on any atom is -0.338 e. The van der Waals surface area contributed by atoms with Gasteiger partial charge in [-0.05, 0) is 42.4 Å². The molecule has 0 radical (unpaired) electrons. The molecule has 1 fully saturated rings. The molecule has 0 saturated carbocycles. The number of carbonyl (C=O) groups is 1. The molecular weight excluding hydrogens is 324 g/mol. The van der Waals surface area contributed by atoms with Crippen LogP contribution in [0.4, 0.5) is 4.79 Å². The maximum atomic E-state index is 12.3. The van der Waals surface area contributed by atoms with Crippen LogP contribution in [0.5, 0.6) is 0 Å². The lowest BCUT2D eigenvalue weighted by molar-refractivity contribution is 0.207. The largest absolute Gasteiger partial charge is 0.338 e. The summed E-state index contributed by atoms with van der Waals surface area (Å²) in [6, 6.07) is 7.77. The van der Waals surface area contributed by atoms with Gasteiger partial charge in [0.05, 0.1) is 6.20 Å². The van der Waals surface area contributed by atoms with Crippen LogP contribution >= 0.6 is 11.6 Å². The number of nitrogens with one attached hydrogen (secondary N) is 1. The molecule has 0 aliphatic carbocycles. The molecule has 1 aliphatic heterocycles. The van der Waals surface area contributed by atoms with Crippen molar-refractivity contribution in [3.8, 4) is 0 Å². The molecular formula is C18H23ClN4O. The van der Waals surface area contributed by atoms with Crippen LogP contribution < -0.4 is 5.32 Å². The summed E-state index contributed by atoms with van der Waals surface area (Å²) in [7, 11) is 1.93. The summed E-state index contributed by atoms with van der Waals surface area (Å²) >= 11 is 6.13. The summed E-state index contributed by atoms with van der Waals surface area (Å²) < 4.78 is 1.82. The topological polar surface area (TPSA) is 50.2 Å². The number of hydrogen-bond acceptors (Lipinski definition) is 2. The van der Waals surface area contributed by atoms with E-state index in [1.54, 1.807) is 0 Å². The maximum absolute atomic E-state index is 12.3. The molecule has 2 aromatic rings. The van der Waals surface area contributed by atoms with Crippen LogP contribution in [0.15, 0.2) is 36.7 Å². The van der Waals surface area contributed by atoms with E-state index in [4.69, 9.17) is 11.6 Å². The third-order valence-electron chi connectivity index (χ3n) is 4.48. The number of carbonyl (C=O) groups excluding carboxylic acids is 1. The van der Waals surface area contributed by atoms with Gasteiger partial charge in [0.1, 0.15) is 0 Å². The highest BCUT2D eigenvalue weighted by molar-refractivity contribution is 6.31. The van der Waals surface area contributed by atoms with E-state index in [-0.39, 0.29) is 6.03 Å². The van der Waals surface area contributed by atoms with Gasteiger partial charge >= 0.3 is 6.03 Å². The summed E-state index contributed by atoms with van der Waals surface area (Å²) in [6.07, 6.45) is 6.74. The first-order valence-electron chi connectivity index (χ1n) is 8.35. The number of benzene rings is 1. The number of urea groups is 1. The predicted molar refractivity (Wildman–Crippen MR) is 95.1 cm³/mol. The molecule has 128 valence electrons. The summed E-state index contributed by atoms with van der Waals surface area (Å²) in [4.78, 5) is 14.2. The number of aryl methyl sites for hydroxylation is 1. The molecule has 6 heteroatoms. The van der Waals surface area contributed by atoms with Crippen LogP contribution in [0.2, 0.25) is 5.02 Å². The zero-order valence-corrected chi connectivity index (χ0v) is 14.7. The van der Waals surface area contributed by atoms with Crippen molar-refractivity contribution in [3.05, 3.63) is 52.8 Å². The fraction of sp³-hybridized carbons (Fsp3) is 0.444. The Balaban J connectivity index is 1.42. The highest BCUT2D eigenvalue weighted by atomic mass is 35.5. The van der Waals surface area contributed by atoms with Gasteiger partial charge in [-0.3, -0.25) is 4.68 Å². The standard InChI is InChI=1S/C18H23ClN4O/c1-22-12-15(11-21-22)10-14-7-9-23(13-14)18(24)20-8-6-16-4-2-3-5-17(16)19/h2-5,11-12,14H,6-10,13H2,1H3,(H,20,24). The molecule has 2 heterocycles. The number of hydrogen-bond donors (Lipinski definition) is 1. The van der Waals surface area contributed by atoms with E-state index >= 15 is 0 Å². The van der Waals surface area contributed by atoms with E-state index in [0.717, 1.165) is 42.9 Å². The van der Waals surface area contributed by atoms with E-state index < -0.39 is 0 Å². The zero-order valence-electron chi connectivity index (χ0n) is 13.9. The minimum absolute atomic E-state index is 0.0238. The number of likely N-dealkylation sites (tertiary alicyclic amines) is 1. The van der Waals surface area contributed by atoms with Crippen LogP contribution in [0, 0.1) is 5.92 Å². The van der Waals surface area contributed by atoms with Crippen molar-refractivity contribution in [1.29, 1.82) is 0 Å². The highest BCUT2D eigenvalue weighted by Crippen LogP contribution is 2.20. The van der Waals surface area contributed by atoms with Crippen molar-refractivity contribution in [2.75, 3.05) is 19.6 Å². The van der Waals surface area contributed by atoms with Crippen molar-refractivity contribution < 1.29 is 4.79 Å². The Morgan fingerprint density at radius 1 is 1.42 bits per heavy atom. The second kappa shape index (κ2) is 7.71. The van der Waals surface area contributed by atoms with Gasteiger partial charge in [-0.1, -0.05) is 29.8 Å². The molecule has 1 unspecified atom stereocenters. The molecule has 1 N–H and O–H groups in total. The van der Waals surface area contributed by atoms with Crippen molar-refractivity contribution in [3.63, 3.8) is 0 Å². The van der Waals surface area contributed by atoms with E-state index in [2.05, 4.69) is 10.4 Å². The maximum Gasteiger partial charge on any atom is 0.317 e. The van der Waals surface area contributed by atoms with E-state index in [9.17, 15) is 4.79 Å². The number of aromatic nitrogens is 2. The monoisotopic (exact) mass is 346 g/mol. The third kappa shape index (κ3) is 4.29. The zero-order chi connectivity index (χ0) is 16.9. The van der Waals surface area contributed by atoms with Gasteiger partial charge in [0, 0.05) is 37.9 Å². The Labute approximate surface area is 147 Å². The van der Waals surface area contributed by atoms with Gasteiger partial charge in [0.25, 0.3) is 0 Å². The second-order valence-electron chi connectivity index (χ2n) is 6.40. The fourth-order valence-electron chi connectivity index (χ4n) is 3.21. The molecule has 1 saturated heterocycles. The van der Waals surface area contributed by atoms with Crippen molar-refractivity contribution in [1.82, 2.24) is 20.0 Å². The molecule has 3 rings (SSSR count). The normalized spacial score (nSPS) is 17.2. The third-order valence-corrected chi connectivity index (χ3v) is 4.85. The molecule has 1 aromatic heterocycles. The molecule has 1 aromatic carbocycles. The predicted octanol–water partition coefficient (Wildman–Crippen LogP) is 2.89. The Hall–Kier alpha value is -2.01. The minimum atomic E-state index is 0.0238. The average Bonchev–Trinajstić information content (AvgIpc) is 3.19. The highest BCUT2D eigenvalue weighted by Gasteiger charge is 2.26. The number of amides is 2. The Bertz CT molecular complexity index is 700. The van der Waals surface area contributed by atoms with Crippen LogP contribution in [0.1, 0.15) is 17.5 Å². The smallest absolute Gasteiger partial charge is 0.317 e. The van der Waals surface area contributed by atoms with Crippen LogP contribution in [-0.4, -0.2) is 40.3 Å². The van der Waals surface area contributed by atoms with Crippen LogP contribution in [0.3, 0.4) is 0 Å². The fourth-order valence-corrected chi connectivity index (χ4v) is 3.44. The second-order valence-corrected chi connectivity index (χ2v) is 6.81. The van der Waals surface area contributed by atoms with Gasteiger partial charge in [-0.15, -0.1) is 0 Å². The quantitative estimate of drug-likeness (QED) is 0.905. The van der Waals surface area contributed by atoms with Crippen LogP contribution in [-0.2, 0) is 19.9 Å². The van der Waals surface area contributed by atoms with Crippen molar-refractivity contribution in [2.45, 2.75) is 19.3 Å². The SMILES string of the molecule is Cn1cc(CC2CCN(C(=O)NCCc3ccccc3Cl)C2)cn1. The number of nitrogens with zero attached hydrogens (tertiary/aromatic N) is 3. The van der Waals surface area contributed by atoms with E-state index in [1.807, 2.05) is 53.3 Å². The molecule has 0 spiro atoms. The molecule has 2 amide bonds. The summed E-state index contributed by atoms with van der Waals surface area (Å²) in [5.41, 5.74) is 2.30. The Morgan fingerprint density at radius 2 is 2.25 bits per heavy atom. The van der Waals surface area contributed by atoms with Gasteiger partial charge < -0.3 is 10.2 Å². The van der Waals surface area contributed by atoms with Crippen molar-refractivity contribution in [2.24, 2.45) is 13.0 Å². The molecule has 0 bridgehead atoms. The van der Waals surface area contributed by atoms with E-state index in [1.165, 1.54) is 5.56 Å². The van der Waals surface area contributed by atoms with Gasteiger partial charge in [-0.25, -0.2) is 4.79 Å². The lowest BCUT2D eigenvalue weighted by atomic mass is 10.0. The van der Waals surface area contributed by atoms with Crippen LogP contribution in [0.25, 0.3) is 0 Å². The summed E-state index contributed by atoms with van der Waals surface area (Å²) in [5, 5.41) is 7.96. The summed E-state index contributed by atoms with van der Waals surface area (Å²) in [5.74, 6) is 0.517. The molecule has 1 atom stereocenters. The Morgan fingerprint density at radius 3 is 3.00 bits per heavy atom. The Kier molecular flexibility index (Phi) is 5.41. The van der Waals surface area contributed by atoms with Gasteiger partial charge in [-0.2, -0.15) is 5.10 Å². The molecule has 5 nitrogen and oxygen atoms in total. The van der Waals surface area contributed by atoms with E-state index in [0.29, 0.717) is 12.5 Å². The molecule has 1 aliphatic rings. The van der Waals surface area contributed by atoms with Gasteiger partial charge in [0.2, 0.25) is 0 Å². The molecule has 24 heavy (non-hydrogen) atoms. The lowest BCUT2D eigenvalue weighted by Crippen LogP contribution is -2.39. The first kappa shape index (κ1) is 16.8. The first-order chi connectivity index (χ1) is 11.6. The number of halogens is 1. The van der Waals surface area contributed by atoms with Gasteiger partial charge in [0.15, 0.2) is 0 Å². The lowest BCUT2D eigenvalue weighted by Gasteiger charge is -2.17. The number of rotatable bonds is 5. The average molecular weight is 347 g/mol. The first-order valence-corrected chi connectivity index (χ1v) is 8.73.